The predicted molar refractivity (Wildman–Crippen MR) is 118 cm³/mol. The van der Waals surface area contributed by atoms with E-state index in [4.69, 9.17) is 0 Å². The van der Waals surface area contributed by atoms with Crippen LogP contribution in [-0.4, -0.2) is 67.7 Å². The van der Waals surface area contributed by atoms with Crippen molar-refractivity contribution in [2.75, 3.05) is 32.7 Å². The summed E-state index contributed by atoms with van der Waals surface area (Å²) < 4.78 is 0. The molecule has 3 heterocycles. The highest BCUT2D eigenvalue weighted by molar-refractivity contribution is 5.87. The highest BCUT2D eigenvalue weighted by atomic mass is 16.2. The molecule has 0 spiro atoms. The number of carbonyl (C=O) groups excluding carboxylic acids is 2. The van der Waals surface area contributed by atoms with Gasteiger partial charge in [-0.3, -0.25) is 20.2 Å². The van der Waals surface area contributed by atoms with Crippen molar-refractivity contribution in [1.82, 2.24) is 26.2 Å². The summed E-state index contributed by atoms with van der Waals surface area (Å²) in [5.74, 6) is 1.43. The molecule has 1 saturated carbocycles. The minimum absolute atomic E-state index is 0.00574. The van der Waals surface area contributed by atoms with E-state index in [9.17, 15) is 9.59 Å². The number of rotatable bonds is 5. The van der Waals surface area contributed by atoms with Gasteiger partial charge in [-0.1, -0.05) is 25.8 Å². The lowest BCUT2D eigenvalue weighted by molar-refractivity contribution is -0.131. The van der Waals surface area contributed by atoms with Gasteiger partial charge in [-0.25, -0.2) is 0 Å². The molecular formula is C23H39N5O2. The van der Waals surface area contributed by atoms with Gasteiger partial charge in [0.25, 0.3) is 0 Å². The van der Waals surface area contributed by atoms with Crippen molar-refractivity contribution < 1.29 is 9.59 Å². The second-order valence-corrected chi connectivity index (χ2v) is 9.69. The minimum atomic E-state index is -0.180. The number of nitrogens with one attached hydrogen (secondary N) is 4. The molecule has 168 valence electrons. The molecule has 0 aromatic carbocycles. The van der Waals surface area contributed by atoms with Crippen molar-refractivity contribution >= 4 is 11.8 Å². The monoisotopic (exact) mass is 417 g/mol. The first kappa shape index (κ1) is 21.8. The molecular weight excluding hydrogens is 378 g/mol. The van der Waals surface area contributed by atoms with Gasteiger partial charge < -0.3 is 15.5 Å². The fraction of sp³-hybridized carbons (Fsp3) is 0.826. The fourth-order valence-corrected chi connectivity index (χ4v) is 5.93. The Labute approximate surface area is 180 Å². The lowest BCUT2D eigenvalue weighted by Gasteiger charge is -2.50. The number of hydrogen-bond donors (Lipinski definition) is 4. The molecule has 2 amide bonds. The summed E-state index contributed by atoms with van der Waals surface area (Å²) in [5, 5.41) is 14.2. The predicted octanol–water partition coefficient (Wildman–Crippen LogP) is 0.973. The Morgan fingerprint density at radius 1 is 1.07 bits per heavy atom. The number of likely N-dealkylation sites (tertiary alicyclic amines) is 1. The van der Waals surface area contributed by atoms with Crippen LogP contribution in [0.15, 0.2) is 12.7 Å². The summed E-state index contributed by atoms with van der Waals surface area (Å²) in [7, 11) is 0. The van der Waals surface area contributed by atoms with Crippen LogP contribution < -0.4 is 21.3 Å². The van der Waals surface area contributed by atoms with Crippen molar-refractivity contribution in [3.05, 3.63) is 12.7 Å². The molecule has 30 heavy (non-hydrogen) atoms. The number of hydrogen-bond acceptors (Lipinski definition) is 5. The van der Waals surface area contributed by atoms with Crippen LogP contribution in [0.5, 0.6) is 0 Å². The van der Waals surface area contributed by atoms with Gasteiger partial charge in [-0.2, -0.15) is 0 Å². The Balaban J connectivity index is 1.43. The van der Waals surface area contributed by atoms with E-state index in [1.807, 2.05) is 4.90 Å². The third-order valence-corrected chi connectivity index (χ3v) is 7.70. The zero-order chi connectivity index (χ0) is 20.9. The van der Waals surface area contributed by atoms with E-state index < -0.39 is 0 Å². The Morgan fingerprint density at radius 3 is 2.63 bits per heavy atom. The summed E-state index contributed by atoms with van der Waals surface area (Å²) in [6, 6.07) is -0.0244. The molecule has 5 atom stereocenters. The zero-order valence-electron chi connectivity index (χ0n) is 18.2. The van der Waals surface area contributed by atoms with Crippen molar-refractivity contribution in [2.45, 2.75) is 69.6 Å². The van der Waals surface area contributed by atoms with E-state index >= 15 is 0 Å². The van der Waals surface area contributed by atoms with Gasteiger partial charge in [0.15, 0.2) is 0 Å². The second-order valence-electron chi connectivity index (χ2n) is 9.69. The van der Waals surface area contributed by atoms with Crippen LogP contribution >= 0.6 is 0 Å². The minimum Gasteiger partial charge on any atom is -0.354 e. The molecule has 7 heteroatoms. The van der Waals surface area contributed by atoms with Gasteiger partial charge in [-0.15, -0.1) is 0 Å². The first-order chi connectivity index (χ1) is 14.7. The molecule has 4 aliphatic rings. The molecule has 3 aliphatic heterocycles. The molecule has 4 rings (SSSR count). The van der Waals surface area contributed by atoms with Crippen LogP contribution in [0.2, 0.25) is 0 Å². The Hall–Kier alpha value is -1.44. The van der Waals surface area contributed by atoms with E-state index in [1.54, 1.807) is 0 Å². The Kier molecular flexibility index (Phi) is 7.44. The molecule has 7 nitrogen and oxygen atoms in total. The number of carbonyl (C=O) groups is 2. The van der Waals surface area contributed by atoms with Crippen molar-refractivity contribution in [3.63, 3.8) is 0 Å². The van der Waals surface area contributed by atoms with E-state index in [0.29, 0.717) is 24.9 Å². The van der Waals surface area contributed by atoms with Crippen LogP contribution in [0, 0.1) is 17.8 Å². The van der Waals surface area contributed by atoms with Crippen molar-refractivity contribution in [1.29, 1.82) is 0 Å². The van der Waals surface area contributed by atoms with Crippen LogP contribution in [0.1, 0.15) is 51.4 Å². The summed E-state index contributed by atoms with van der Waals surface area (Å²) >= 11 is 0. The average Bonchev–Trinajstić information content (AvgIpc) is 2.82. The van der Waals surface area contributed by atoms with Crippen LogP contribution in [0.25, 0.3) is 0 Å². The molecule has 1 aliphatic carbocycles. The highest BCUT2D eigenvalue weighted by Gasteiger charge is 2.45. The summed E-state index contributed by atoms with van der Waals surface area (Å²) in [6.45, 7) is 7.84. The summed E-state index contributed by atoms with van der Waals surface area (Å²) in [4.78, 5) is 27.4. The molecule has 0 bridgehead atoms. The van der Waals surface area contributed by atoms with Crippen LogP contribution in [0.4, 0.5) is 0 Å². The van der Waals surface area contributed by atoms with Crippen molar-refractivity contribution in [3.8, 4) is 0 Å². The number of nitrogens with zero attached hydrogens (tertiary/aromatic N) is 1. The van der Waals surface area contributed by atoms with Gasteiger partial charge >= 0.3 is 0 Å². The van der Waals surface area contributed by atoms with E-state index in [2.05, 4.69) is 27.8 Å². The summed E-state index contributed by atoms with van der Waals surface area (Å²) in [5.41, 5.74) is 0. The fourth-order valence-electron chi connectivity index (χ4n) is 5.93. The van der Waals surface area contributed by atoms with Gasteiger partial charge in [0.1, 0.15) is 0 Å². The highest BCUT2D eigenvalue weighted by Crippen LogP contribution is 2.32. The first-order valence-electron chi connectivity index (χ1n) is 12.1. The molecule has 4 fully saturated rings. The van der Waals surface area contributed by atoms with Gasteiger partial charge in [0.2, 0.25) is 11.8 Å². The molecule has 0 aromatic heterocycles. The number of piperidine rings is 2. The maximum atomic E-state index is 13.3. The van der Waals surface area contributed by atoms with Crippen LogP contribution in [0.3, 0.4) is 0 Å². The lowest BCUT2D eigenvalue weighted by atomic mass is 9.79. The second kappa shape index (κ2) is 10.2. The number of amides is 2. The number of fused-ring (bicyclic) bond motifs is 1. The largest absolute Gasteiger partial charge is 0.354 e. The van der Waals surface area contributed by atoms with E-state index in [-0.39, 0.29) is 36.0 Å². The van der Waals surface area contributed by atoms with Gasteiger partial charge in [-0.05, 0) is 63.1 Å². The standard InChI is InChI=1S/C23H39N5O2/c1-2-20(29)28-12-10-18-19(15-28)26-22(17-8-4-3-5-9-17)27-21(18)23(30)25-14-16-7-6-11-24-13-16/h2,16-19,21-22,24,26-27H,1,3-15H2,(H,25,30). The molecule has 4 N–H and O–H groups in total. The maximum absolute atomic E-state index is 13.3. The third kappa shape index (κ3) is 5.06. The van der Waals surface area contributed by atoms with Gasteiger partial charge in [0, 0.05) is 31.6 Å². The Bertz CT molecular complexity index is 615. The SMILES string of the molecule is C=CC(=O)N1CCC2C(C1)NC(C1CCCCC1)NC2C(=O)NCC1CCCNC1. The Morgan fingerprint density at radius 2 is 1.90 bits per heavy atom. The maximum Gasteiger partial charge on any atom is 0.246 e. The smallest absolute Gasteiger partial charge is 0.246 e. The third-order valence-electron chi connectivity index (χ3n) is 7.70. The topological polar surface area (TPSA) is 85.5 Å². The molecule has 0 aromatic rings. The normalized spacial score (nSPS) is 35.3. The molecule has 3 saturated heterocycles. The lowest BCUT2D eigenvalue weighted by Crippen LogP contribution is -2.72. The molecule has 5 unspecified atom stereocenters. The summed E-state index contributed by atoms with van der Waals surface area (Å²) in [6.07, 6.45) is 11.0. The average molecular weight is 418 g/mol. The zero-order valence-corrected chi connectivity index (χ0v) is 18.2. The van der Waals surface area contributed by atoms with E-state index in [1.165, 1.54) is 51.0 Å². The van der Waals surface area contributed by atoms with Crippen LogP contribution in [-0.2, 0) is 9.59 Å². The first-order valence-corrected chi connectivity index (χ1v) is 12.1. The molecule has 0 radical (unpaired) electrons. The van der Waals surface area contributed by atoms with Crippen molar-refractivity contribution in [2.24, 2.45) is 17.8 Å². The quantitative estimate of drug-likeness (QED) is 0.501. The van der Waals surface area contributed by atoms with E-state index in [0.717, 1.165) is 26.1 Å². The van der Waals surface area contributed by atoms with Gasteiger partial charge in [0.05, 0.1) is 12.2 Å².